The van der Waals surface area contributed by atoms with Crippen LogP contribution in [-0.2, 0) is 6.18 Å². The molecule has 0 spiro atoms. The Morgan fingerprint density at radius 2 is 1.70 bits per heavy atom. The minimum Gasteiger partial charge on any atom is -0.496 e. The molecule has 0 radical (unpaired) electrons. The summed E-state index contributed by atoms with van der Waals surface area (Å²) < 4.78 is 43.0. The molecule has 7 heteroatoms. The first-order valence-corrected chi connectivity index (χ1v) is 7.96. The number of rotatable bonds is 4. The molecule has 2 aromatic carbocycles. The first-order valence-electron chi connectivity index (χ1n) is 7.96. The van der Waals surface area contributed by atoms with Crippen molar-refractivity contribution in [2.24, 2.45) is 0 Å². The van der Waals surface area contributed by atoms with Gasteiger partial charge >= 0.3 is 6.18 Å². The molecule has 0 atom stereocenters. The Hall–Kier alpha value is -3.35. The number of ether oxygens (including phenoxy) is 1. The van der Waals surface area contributed by atoms with Gasteiger partial charge < -0.3 is 10.1 Å². The quantitative estimate of drug-likeness (QED) is 0.699. The number of alkyl halides is 3. The number of nitrogens with one attached hydrogen (secondary N) is 1. The lowest BCUT2D eigenvalue weighted by Crippen LogP contribution is -2.12. The van der Waals surface area contributed by atoms with Crippen LogP contribution in [0.3, 0.4) is 0 Å². The van der Waals surface area contributed by atoms with E-state index < -0.39 is 17.6 Å². The number of nitrogens with zero attached hydrogens (tertiary/aromatic N) is 1. The average molecular weight is 372 g/mol. The lowest BCUT2D eigenvalue weighted by molar-refractivity contribution is -0.137. The summed E-state index contributed by atoms with van der Waals surface area (Å²) in [6.07, 6.45) is -3.01. The molecular formula is C20H15F3N2O2. The maximum atomic E-state index is 12.6. The van der Waals surface area contributed by atoms with Crippen LogP contribution in [0.15, 0.2) is 66.9 Å². The van der Waals surface area contributed by atoms with Crippen LogP contribution in [0.5, 0.6) is 5.75 Å². The summed E-state index contributed by atoms with van der Waals surface area (Å²) in [5.74, 6) is 0.195. The molecule has 0 aliphatic heterocycles. The number of anilines is 1. The summed E-state index contributed by atoms with van der Waals surface area (Å²) in [4.78, 5) is 16.5. The van der Waals surface area contributed by atoms with Gasteiger partial charge in [0.05, 0.1) is 23.9 Å². The molecular weight excluding hydrogens is 357 g/mol. The number of aromatic nitrogens is 1. The highest BCUT2D eigenvalue weighted by Gasteiger charge is 2.30. The molecule has 0 fully saturated rings. The minimum atomic E-state index is -4.42. The highest BCUT2D eigenvalue weighted by Crippen LogP contribution is 2.30. The second kappa shape index (κ2) is 7.49. The predicted molar refractivity (Wildman–Crippen MR) is 95.6 cm³/mol. The maximum absolute atomic E-state index is 12.6. The summed E-state index contributed by atoms with van der Waals surface area (Å²) in [5.41, 5.74) is 1.20. The number of amides is 1. The molecule has 0 unspecified atom stereocenters. The van der Waals surface area contributed by atoms with Crippen molar-refractivity contribution in [3.05, 3.63) is 78.0 Å². The third-order valence-corrected chi connectivity index (χ3v) is 3.88. The molecule has 3 rings (SSSR count). The molecule has 0 aliphatic rings. The van der Waals surface area contributed by atoms with Crippen molar-refractivity contribution in [2.75, 3.05) is 12.4 Å². The van der Waals surface area contributed by atoms with Crippen molar-refractivity contribution in [2.45, 2.75) is 6.18 Å². The van der Waals surface area contributed by atoms with Crippen LogP contribution in [0.25, 0.3) is 11.3 Å². The van der Waals surface area contributed by atoms with Crippen molar-refractivity contribution in [3.63, 3.8) is 0 Å². The maximum Gasteiger partial charge on any atom is 0.416 e. The summed E-state index contributed by atoms with van der Waals surface area (Å²) in [6.45, 7) is 0. The van der Waals surface area contributed by atoms with E-state index >= 15 is 0 Å². The molecule has 1 amide bonds. The fraction of sp³-hybridized carbons (Fsp3) is 0.100. The highest BCUT2D eigenvalue weighted by atomic mass is 19.4. The van der Waals surface area contributed by atoms with E-state index in [2.05, 4.69) is 10.3 Å². The Labute approximate surface area is 153 Å². The number of hydrogen-bond acceptors (Lipinski definition) is 3. The summed E-state index contributed by atoms with van der Waals surface area (Å²) in [6, 6.07) is 14.9. The van der Waals surface area contributed by atoms with Crippen LogP contribution in [0.2, 0.25) is 0 Å². The fourth-order valence-corrected chi connectivity index (χ4v) is 2.49. The van der Waals surface area contributed by atoms with Crippen LogP contribution < -0.4 is 10.1 Å². The zero-order valence-electron chi connectivity index (χ0n) is 14.2. The molecule has 0 saturated heterocycles. The molecule has 3 aromatic rings. The molecule has 0 aliphatic carbocycles. The lowest BCUT2D eigenvalue weighted by Gasteiger charge is -2.10. The van der Waals surface area contributed by atoms with Gasteiger partial charge in [0, 0.05) is 17.4 Å². The van der Waals surface area contributed by atoms with Crippen LogP contribution in [-0.4, -0.2) is 18.0 Å². The van der Waals surface area contributed by atoms with Gasteiger partial charge in [-0.25, -0.2) is 0 Å². The zero-order chi connectivity index (χ0) is 19.4. The summed E-state index contributed by atoms with van der Waals surface area (Å²) >= 11 is 0. The number of para-hydroxylation sites is 1. The van der Waals surface area contributed by atoms with Crippen molar-refractivity contribution in [1.29, 1.82) is 0 Å². The lowest BCUT2D eigenvalue weighted by atomic mass is 10.1. The molecule has 0 bridgehead atoms. The molecule has 1 N–H and O–H groups in total. The van der Waals surface area contributed by atoms with Gasteiger partial charge in [-0.15, -0.1) is 0 Å². The third kappa shape index (κ3) is 4.25. The first kappa shape index (κ1) is 18.4. The van der Waals surface area contributed by atoms with E-state index in [-0.39, 0.29) is 11.3 Å². The van der Waals surface area contributed by atoms with E-state index in [4.69, 9.17) is 4.74 Å². The Morgan fingerprint density at radius 1 is 1.00 bits per heavy atom. The Kier molecular flexibility index (Phi) is 5.12. The van der Waals surface area contributed by atoms with E-state index in [1.165, 1.54) is 18.3 Å². The average Bonchev–Trinajstić information content (AvgIpc) is 2.68. The van der Waals surface area contributed by atoms with E-state index in [1.54, 1.807) is 19.2 Å². The van der Waals surface area contributed by atoms with Crippen molar-refractivity contribution in [1.82, 2.24) is 4.98 Å². The van der Waals surface area contributed by atoms with Gasteiger partial charge in [0.15, 0.2) is 0 Å². The van der Waals surface area contributed by atoms with Gasteiger partial charge in [-0.2, -0.15) is 13.2 Å². The van der Waals surface area contributed by atoms with Gasteiger partial charge in [0.2, 0.25) is 0 Å². The number of methoxy groups -OCH3 is 1. The van der Waals surface area contributed by atoms with Gasteiger partial charge in [-0.05, 0) is 48.5 Å². The second-order valence-corrected chi connectivity index (χ2v) is 5.66. The first-order chi connectivity index (χ1) is 12.9. The highest BCUT2D eigenvalue weighted by molar-refractivity contribution is 6.04. The standard InChI is InChI=1S/C20H15F3N2O2/c1-27-18-5-3-2-4-16(18)17-11-6-13(12-24-17)19(26)25-15-9-7-14(8-10-15)20(21,22)23/h2-12H,1H3,(H,25,26). The van der Waals surface area contributed by atoms with Crippen LogP contribution >= 0.6 is 0 Å². The summed E-state index contributed by atoms with van der Waals surface area (Å²) in [7, 11) is 1.56. The van der Waals surface area contributed by atoms with Gasteiger partial charge in [0.1, 0.15) is 5.75 Å². The molecule has 138 valence electrons. The third-order valence-electron chi connectivity index (χ3n) is 3.88. The molecule has 27 heavy (non-hydrogen) atoms. The van der Waals surface area contributed by atoms with E-state index in [1.807, 2.05) is 24.3 Å². The zero-order valence-corrected chi connectivity index (χ0v) is 14.2. The normalized spacial score (nSPS) is 11.1. The largest absolute Gasteiger partial charge is 0.496 e. The van der Waals surface area contributed by atoms with Crippen LogP contribution in [0.4, 0.5) is 18.9 Å². The van der Waals surface area contributed by atoms with Crippen molar-refractivity contribution >= 4 is 11.6 Å². The summed E-state index contributed by atoms with van der Waals surface area (Å²) in [5, 5.41) is 2.55. The van der Waals surface area contributed by atoms with Gasteiger partial charge in [0.25, 0.3) is 5.91 Å². The predicted octanol–water partition coefficient (Wildman–Crippen LogP) is 5.03. The van der Waals surface area contributed by atoms with E-state index in [0.29, 0.717) is 11.4 Å². The fourth-order valence-electron chi connectivity index (χ4n) is 2.49. The van der Waals surface area contributed by atoms with E-state index in [0.717, 1.165) is 17.7 Å². The van der Waals surface area contributed by atoms with Crippen LogP contribution in [0.1, 0.15) is 15.9 Å². The van der Waals surface area contributed by atoms with Crippen molar-refractivity contribution in [3.8, 4) is 17.0 Å². The number of carbonyl (C=O) groups is 1. The Bertz CT molecular complexity index is 937. The van der Waals surface area contributed by atoms with E-state index in [9.17, 15) is 18.0 Å². The second-order valence-electron chi connectivity index (χ2n) is 5.66. The molecule has 0 saturated carbocycles. The van der Waals surface area contributed by atoms with Crippen molar-refractivity contribution < 1.29 is 22.7 Å². The van der Waals surface area contributed by atoms with Gasteiger partial charge in [-0.3, -0.25) is 9.78 Å². The minimum absolute atomic E-state index is 0.266. The SMILES string of the molecule is COc1ccccc1-c1ccc(C(=O)Nc2ccc(C(F)(F)F)cc2)cn1. The monoisotopic (exact) mass is 372 g/mol. The molecule has 1 heterocycles. The van der Waals surface area contributed by atoms with Gasteiger partial charge in [-0.1, -0.05) is 12.1 Å². The van der Waals surface area contributed by atoms with Crippen LogP contribution in [0, 0.1) is 0 Å². The molecule has 4 nitrogen and oxygen atoms in total. The number of pyridine rings is 1. The molecule has 1 aromatic heterocycles. The Morgan fingerprint density at radius 3 is 2.30 bits per heavy atom. The number of hydrogen-bond donors (Lipinski definition) is 1. The number of benzene rings is 2. The smallest absolute Gasteiger partial charge is 0.416 e. The number of halogens is 3. The number of carbonyl (C=O) groups excluding carboxylic acids is 1. The topological polar surface area (TPSA) is 51.2 Å². The Balaban J connectivity index is 1.74.